The first-order chi connectivity index (χ1) is 9.19. The van der Waals surface area contributed by atoms with Gasteiger partial charge < -0.3 is 5.32 Å². The zero-order valence-corrected chi connectivity index (χ0v) is 11.0. The van der Waals surface area contributed by atoms with E-state index >= 15 is 0 Å². The van der Waals surface area contributed by atoms with Crippen LogP contribution in [0.4, 0.5) is 5.95 Å². The summed E-state index contributed by atoms with van der Waals surface area (Å²) < 4.78 is 1.88. The average molecular weight is 254 g/mol. The highest BCUT2D eigenvalue weighted by Gasteiger charge is 2.08. The van der Waals surface area contributed by atoms with E-state index in [0.717, 1.165) is 22.2 Å². The van der Waals surface area contributed by atoms with E-state index in [4.69, 9.17) is 0 Å². The zero-order chi connectivity index (χ0) is 13.4. The topological polar surface area (TPSA) is 68.5 Å². The van der Waals surface area contributed by atoms with Crippen LogP contribution >= 0.6 is 0 Å². The minimum absolute atomic E-state index is 0.558. The van der Waals surface area contributed by atoms with E-state index in [-0.39, 0.29) is 0 Å². The van der Waals surface area contributed by atoms with Gasteiger partial charge in [0.1, 0.15) is 6.33 Å². The number of hydrogen-bond donors (Lipinski definition) is 1. The van der Waals surface area contributed by atoms with Crippen LogP contribution in [-0.4, -0.2) is 31.8 Å². The first kappa shape index (κ1) is 11.6. The fraction of sp³-hybridized carbons (Fsp3) is 0.231. The van der Waals surface area contributed by atoms with E-state index in [9.17, 15) is 0 Å². The Kier molecular flexibility index (Phi) is 2.63. The third-order valence-electron chi connectivity index (χ3n) is 3.18. The summed E-state index contributed by atoms with van der Waals surface area (Å²) in [6.07, 6.45) is 1.50. The lowest BCUT2D eigenvalue weighted by molar-refractivity contribution is 0.751. The Hall–Kier alpha value is -2.50. The minimum atomic E-state index is 0.558. The fourth-order valence-corrected chi connectivity index (χ4v) is 2.03. The molecule has 0 spiro atoms. The van der Waals surface area contributed by atoms with Crippen LogP contribution < -0.4 is 5.32 Å². The summed E-state index contributed by atoms with van der Waals surface area (Å²) in [5, 5.41) is 8.52. The first-order valence-corrected chi connectivity index (χ1v) is 5.99. The number of nitrogens with zero attached hydrogens (tertiary/aromatic N) is 5. The normalized spacial score (nSPS) is 10.9. The van der Waals surface area contributed by atoms with Gasteiger partial charge in [-0.3, -0.25) is 4.68 Å². The molecule has 0 aliphatic carbocycles. The van der Waals surface area contributed by atoms with Gasteiger partial charge in [-0.25, -0.2) is 9.97 Å². The first-order valence-electron chi connectivity index (χ1n) is 5.99. The van der Waals surface area contributed by atoms with Gasteiger partial charge >= 0.3 is 0 Å². The van der Waals surface area contributed by atoms with Gasteiger partial charge in [-0.1, -0.05) is 12.1 Å². The van der Waals surface area contributed by atoms with Crippen LogP contribution in [0, 0.1) is 6.92 Å². The number of hydrogen-bond acceptors (Lipinski definition) is 5. The number of aryl methyl sites for hydroxylation is 2. The van der Waals surface area contributed by atoms with Gasteiger partial charge in [0.05, 0.1) is 5.52 Å². The van der Waals surface area contributed by atoms with Crippen molar-refractivity contribution in [1.82, 2.24) is 24.7 Å². The second-order valence-electron chi connectivity index (χ2n) is 4.32. The van der Waals surface area contributed by atoms with Crippen molar-refractivity contribution in [2.45, 2.75) is 6.92 Å². The Labute approximate surface area is 110 Å². The van der Waals surface area contributed by atoms with Crippen LogP contribution in [0.1, 0.15) is 5.69 Å². The molecule has 0 unspecified atom stereocenters. The molecule has 0 saturated carbocycles. The lowest BCUT2D eigenvalue weighted by Crippen LogP contribution is -1.99. The van der Waals surface area contributed by atoms with Crippen molar-refractivity contribution in [1.29, 1.82) is 0 Å². The molecule has 0 bridgehead atoms. The quantitative estimate of drug-likeness (QED) is 0.755. The van der Waals surface area contributed by atoms with E-state index < -0.39 is 0 Å². The molecular weight excluding hydrogens is 240 g/mol. The molecular formula is C13H14N6. The number of fused-ring (bicyclic) bond motifs is 1. The van der Waals surface area contributed by atoms with Crippen LogP contribution in [0.15, 0.2) is 24.5 Å². The van der Waals surface area contributed by atoms with E-state index in [1.54, 1.807) is 7.05 Å². The van der Waals surface area contributed by atoms with Crippen molar-refractivity contribution in [2.24, 2.45) is 7.05 Å². The maximum atomic E-state index is 4.47. The van der Waals surface area contributed by atoms with Crippen LogP contribution in [-0.2, 0) is 7.05 Å². The largest absolute Gasteiger partial charge is 0.357 e. The zero-order valence-electron chi connectivity index (χ0n) is 11.0. The number of nitrogens with one attached hydrogen (secondary N) is 1. The van der Waals surface area contributed by atoms with Gasteiger partial charge in [0.15, 0.2) is 5.82 Å². The molecule has 0 fully saturated rings. The number of aromatic nitrogens is 5. The summed E-state index contributed by atoms with van der Waals surface area (Å²) in [5.41, 5.74) is 3.03. The van der Waals surface area contributed by atoms with E-state index in [0.29, 0.717) is 11.8 Å². The predicted molar refractivity (Wildman–Crippen MR) is 73.8 cm³/mol. The highest BCUT2D eigenvalue weighted by Crippen LogP contribution is 2.23. The third-order valence-corrected chi connectivity index (χ3v) is 3.18. The van der Waals surface area contributed by atoms with Crippen LogP contribution in [0.5, 0.6) is 0 Å². The van der Waals surface area contributed by atoms with Crippen molar-refractivity contribution in [2.75, 3.05) is 12.4 Å². The molecule has 0 aliphatic heterocycles. The molecule has 1 N–H and O–H groups in total. The van der Waals surface area contributed by atoms with Crippen molar-refractivity contribution >= 4 is 16.9 Å². The van der Waals surface area contributed by atoms with Crippen molar-refractivity contribution < 1.29 is 0 Å². The second-order valence-corrected chi connectivity index (χ2v) is 4.32. The smallest absolute Gasteiger partial charge is 0.225 e. The third kappa shape index (κ3) is 1.91. The van der Waals surface area contributed by atoms with Gasteiger partial charge in [-0.2, -0.15) is 10.1 Å². The highest BCUT2D eigenvalue weighted by molar-refractivity contribution is 5.85. The lowest BCUT2D eigenvalue weighted by atomic mass is 10.1. The number of rotatable bonds is 2. The molecule has 96 valence electrons. The molecule has 6 heteroatoms. The van der Waals surface area contributed by atoms with Gasteiger partial charge in [0.25, 0.3) is 0 Å². The highest BCUT2D eigenvalue weighted by atomic mass is 15.3. The summed E-state index contributed by atoms with van der Waals surface area (Å²) in [4.78, 5) is 12.5. The van der Waals surface area contributed by atoms with Gasteiger partial charge in [-0.15, -0.1) is 0 Å². The van der Waals surface area contributed by atoms with Gasteiger partial charge in [0.2, 0.25) is 5.95 Å². The summed E-state index contributed by atoms with van der Waals surface area (Å²) in [5.74, 6) is 1.20. The Bertz CT molecular complexity index is 746. The molecule has 19 heavy (non-hydrogen) atoms. The van der Waals surface area contributed by atoms with Gasteiger partial charge in [-0.05, 0) is 13.0 Å². The molecule has 3 rings (SSSR count). The Morgan fingerprint density at radius 3 is 2.84 bits per heavy atom. The summed E-state index contributed by atoms with van der Waals surface area (Å²) in [6.45, 7) is 2.05. The molecule has 0 saturated heterocycles. The molecule has 0 radical (unpaired) electrons. The summed E-state index contributed by atoms with van der Waals surface area (Å²) in [7, 11) is 3.72. The predicted octanol–water partition coefficient (Wildman–Crippen LogP) is 1.78. The van der Waals surface area contributed by atoms with E-state index in [2.05, 4.69) is 38.4 Å². The lowest BCUT2D eigenvalue weighted by Gasteiger charge is -2.02. The van der Waals surface area contributed by atoms with Crippen molar-refractivity contribution in [3.8, 4) is 11.4 Å². The standard InChI is InChI=1S/C13H14N6/c1-8-10-5-4-9(6-11(10)18-19(8)3)12-15-7-16-13(14-2)17-12/h4-7H,1-3H3,(H,14,15,16,17). The van der Waals surface area contributed by atoms with E-state index in [1.807, 2.05) is 23.9 Å². The van der Waals surface area contributed by atoms with Crippen LogP contribution in [0.2, 0.25) is 0 Å². The minimum Gasteiger partial charge on any atom is -0.357 e. The Morgan fingerprint density at radius 1 is 1.21 bits per heavy atom. The maximum absolute atomic E-state index is 4.47. The van der Waals surface area contributed by atoms with Crippen molar-refractivity contribution in [3.63, 3.8) is 0 Å². The Balaban J connectivity index is 2.14. The molecule has 0 amide bonds. The number of benzene rings is 1. The number of anilines is 1. The molecule has 1 aromatic carbocycles. The molecule has 0 aliphatic rings. The van der Waals surface area contributed by atoms with E-state index in [1.165, 1.54) is 6.33 Å². The molecule has 3 aromatic rings. The molecule has 2 heterocycles. The molecule has 0 atom stereocenters. The molecule has 2 aromatic heterocycles. The fourth-order valence-electron chi connectivity index (χ4n) is 2.03. The van der Waals surface area contributed by atoms with Crippen LogP contribution in [0.25, 0.3) is 22.3 Å². The SMILES string of the molecule is CNc1ncnc(-c2ccc3c(C)n(C)nc3c2)n1. The summed E-state index contributed by atoms with van der Waals surface area (Å²) in [6, 6.07) is 6.05. The average Bonchev–Trinajstić information content (AvgIpc) is 2.73. The second kappa shape index (κ2) is 4.31. The monoisotopic (exact) mass is 254 g/mol. The van der Waals surface area contributed by atoms with Crippen molar-refractivity contribution in [3.05, 3.63) is 30.2 Å². The van der Waals surface area contributed by atoms with Crippen LogP contribution in [0.3, 0.4) is 0 Å². The Morgan fingerprint density at radius 2 is 2.05 bits per heavy atom. The molecule has 6 nitrogen and oxygen atoms in total. The summed E-state index contributed by atoms with van der Waals surface area (Å²) >= 11 is 0. The van der Waals surface area contributed by atoms with Gasteiger partial charge in [0, 0.05) is 30.7 Å². The maximum Gasteiger partial charge on any atom is 0.225 e.